The summed E-state index contributed by atoms with van der Waals surface area (Å²) >= 11 is 0. The first-order valence-electron chi connectivity index (χ1n) is 9.90. The summed E-state index contributed by atoms with van der Waals surface area (Å²) in [5.74, 6) is 0.616. The molecular formula is C24H26N2O4. The average Bonchev–Trinajstić information content (AvgIpc) is 2.81. The highest BCUT2D eigenvalue weighted by Crippen LogP contribution is 2.29. The van der Waals surface area contributed by atoms with Crippen LogP contribution in [0.2, 0.25) is 0 Å². The quantitative estimate of drug-likeness (QED) is 0.459. The summed E-state index contributed by atoms with van der Waals surface area (Å²) in [5.41, 5.74) is 2.28. The second-order valence-electron chi connectivity index (χ2n) is 6.65. The summed E-state index contributed by atoms with van der Waals surface area (Å²) in [6, 6.07) is 21.3. The van der Waals surface area contributed by atoms with Crippen LogP contribution in [0.1, 0.15) is 35.0 Å². The van der Waals surface area contributed by atoms with Crippen molar-refractivity contribution in [3.8, 4) is 11.5 Å². The van der Waals surface area contributed by atoms with E-state index in [2.05, 4.69) is 4.98 Å². The Hall–Kier alpha value is -3.38. The van der Waals surface area contributed by atoms with Crippen LogP contribution in [-0.4, -0.2) is 29.6 Å². The number of carbonyl (C=O) groups excluding carboxylic acids is 1. The zero-order valence-corrected chi connectivity index (χ0v) is 17.3. The molecule has 0 spiro atoms. The molecule has 1 heterocycles. The van der Waals surface area contributed by atoms with Crippen molar-refractivity contribution in [2.75, 3.05) is 13.7 Å². The zero-order valence-electron chi connectivity index (χ0n) is 17.3. The van der Waals surface area contributed by atoms with Gasteiger partial charge in [0.15, 0.2) is 11.5 Å². The second kappa shape index (κ2) is 11.0. The lowest BCUT2D eigenvalue weighted by atomic mass is 10.2. The zero-order chi connectivity index (χ0) is 21.2. The molecule has 0 saturated carbocycles. The van der Waals surface area contributed by atoms with Crippen molar-refractivity contribution in [2.45, 2.75) is 26.6 Å². The number of hydrogen-bond donors (Lipinski definition) is 0. The highest BCUT2D eigenvalue weighted by Gasteiger charge is 2.19. The Balaban J connectivity index is 1.81. The molecule has 0 aliphatic rings. The van der Waals surface area contributed by atoms with Crippen molar-refractivity contribution >= 4 is 5.91 Å². The topological polar surface area (TPSA) is 60.9 Å². The van der Waals surface area contributed by atoms with Crippen LogP contribution in [0.5, 0.6) is 11.5 Å². The summed E-state index contributed by atoms with van der Waals surface area (Å²) in [7, 11) is 1.47. The van der Waals surface area contributed by atoms with E-state index in [9.17, 15) is 4.79 Å². The van der Waals surface area contributed by atoms with Crippen LogP contribution >= 0.6 is 0 Å². The molecule has 0 aliphatic carbocycles. The van der Waals surface area contributed by atoms with Crippen LogP contribution in [0, 0.1) is 0 Å². The third-order valence-electron chi connectivity index (χ3n) is 4.40. The minimum Gasteiger partial charge on any atom is -0.485 e. The van der Waals surface area contributed by atoms with Gasteiger partial charge in [0, 0.05) is 12.6 Å². The summed E-state index contributed by atoms with van der Waals surface area (Å²) < 4.78 is 11.9. The number of aromatic nitrogens is 1. The van der Waals surface area contributed by atoms with Gasteiger partial charge in [-0.3, -0.25) is 9.63 Å². The maximum absolute atomic E-state index is 12.7. The van der Waals surface area contributed by atoms with Crippen LogP contribution < -0.4 is 9.47 Å². The van der Waals surface area contributed by atoms with Crippen molar-refractivity contribution in [3.63, 3.8) is 0 Å². The Labute approximate surface area is 177 Å². The number of amides is 1. The molecule has 30 heavy (non-hydrogen) atoms. The van der Waals surface area contributed by atoms with Crippen molar-refractivity contribution in [1.82, 2.24) is 10.0 Å². The van der Waals surface area contributed by atoms with E-state index in [0.29, 0.717) is 31.3 Å². The van der Waals surface area contributed by atoms with Crippen molar-refractivity contribution in [2.24, 2.45) is 0 Å². The van der Waals surface area contributed by atoms with Gasteiger partial charge in [0.05, 0.1) is 13.3 Å². The number of carbonyl (C=O) groups is 1. The smallest absolute Gasteiger partial charge is 0.296 e. The van der Waals surface area contributed by atoms with Gasteiger partial charge in [0.1, 0.15) is 18.9 Å². The Morgan fingerprint density at radius 3 is 2.00 bits per heavy atom. The molecule has 0 bridgehead atoms. The summed E-state index contributed by atoms with van der Waals surface area (Å²) in [6.45, 7) is 3.17. The van der Waals surface area contributed by atoms with Crippen molar-refractivity contribution in [3.05, 3.63) is 89.7 Å². The molecule has 3 aromatic rings. The molecular weight excluding hydrogens is 380 g/mol. The van der Waals surface area contributed by atoms with Crippen LogP contribution in [-0.2, 0) is 18.1 Å². The molecule has 0 radical (unpaired) electrons. The van der Waals surface area contributed by atoms with Gasteiger partial charge >= 0.3 is 0 Å². The second-order valence-corrected chi connectivity index (χ2v) is 6.65. The fourth-order valence-electron chi connectivity index (χ4n) is 2.84. The number of hydroxylamine groups is 2. The number of pyridine rings is 1. The van der Waals surface area contributed by atoms with E-state index in [0.717, 1.165) is 17.5 Å². The lowest BCUT2D eigenvalue weighted by Gasteiger charge is -2.19. The van der Waals surface area contributed by atoms with E-state index in [1.807, 2.05) is 67.6 Å². The Bertz CT molecular complexity index is 932. The van der Waals surface area contributed by atoms with E-state index in [-0.39, 0.29) is 11.6 Å². The monoisotopic (exact) mass is 406 g/mol. The molecule has 0 N–H and O–H groups in total. The average molecular weight is 406 g/mol. The molecule has 0 saturated heterocycles. The summed E-state index contributed by atoms with van der Waals surface area (Å²) in [6.07, 6.45) is 2.30. The molecule has 0 unspecified atom stereocenters. The van der Waals surface area contributed by atoms with Gasteiger partial charge in [0.2, 0.25) is 0 Å². The summed E-state index contributed by atoms with van der Waals surface area (Å²) in [5, 5.41) is 1.29. The van der Waals surface area contributed by atoms with Gasteiger partial charge in [-0.05, 0) is 17.5 Å². The fourth-order valence-corrected chi connectivity index (χ4v) is 2.84. The first kappa shape index (κ1) is 21.3. The van der Waals surface area contributed by atoms with Crippen LogP contribution in [0.3, 0.4) is 0 Å². The minimum atomic E-state index is -0.321. The highest BCUT2D eigenvalue weighted by molar-refractivity contribution is 5.92. The SMILES string of the molecule is CCCN(OC)C(=O)c1cc(OCc2ccccc2)c(OCc2ccccc2)cn1. The highest BCUT2D eigenvalue weighted by atomic mass is 16.7. The molecule has 6 nitrogen and oxygen atoms in total. The van der Waals surface area contributed by atoms with Crippen LogP contribution in [0.25, 0.3) is 0 Å². The van der Waals surface area contributed by atoms with Gasteiger partial charge in [-0.1, -0.05) is 67.6 Å². The first-order valence-corrected chi connectivity index (χ1v) is 9.90. The number of benzene rings is 2. The predicted octanol–water partition coefficient (Wildman–Crippen LogP) is 4.65. The van der Waals surface area contributed by atoms with Crippen LogP contribution in [0.4, 0.5) is 0 Å². The maximum atomic E-state index is 12.7. The Morgan fingerprint density at radius 2 is 1.47 bits per heavy atom. The van der Waals surface area contributed by atoms with Crippen molar-refractivity contribution < 1.29 is 19.1 Å². The van der Waals surface area contributed by atoms with E-state index < -0.39 is 0 Å². The van der Waals surface area contributed by atoms with Gasteiger partial charge in [-0.2, -0.15) is 0 Å². The van der Waals surface area contributed by atoms with E-state index in [4.69, 9.17) is 14.3 Å². The van der Waals surface area contributed by atoms with Gasteiger partial charge < -0.3 is 9.47 Å². The molecule has 0 fully saturated rings. The predicted molar refractivity (Wildman–Crippen MR) is 114 cm³/mol. The number of ether oxygens (including phenoxy) is 2. The maximum Gasteiger partial charge on any atom is 0.296 e. The van der Waals surface area contributed by atoms with E-state index in [1.165, 1.54) is 18.4 Å². The van der Waals surface area contributed by atoms with E-state index in [1.54, 1.807) is 6.07 Å². The number of hydrogen-bond acceptors (Lipinski definition) is 5. The lowest BCUT2D eigenvalue weighted by molar-refractivity contribution is -0.0951. The third-order valence-corrected chi connectivity index (χ3v) is 4.40. The molecule has 3 rings (SSSR count). The molecule has 2 aromatic carbocycles. The van der Waals surface area contributed by atoms with Gasteiger partial charge in [-0.25, -0.2) is 10.0 Å². The Kier molecular flexibility index (Phi) is 7.80. The third kappa shape index (κ3) is 5.81. The molecule has 156 valence electrons. The largest absolute Gasteiger partial charge is 0.485 e. The van der Waals surface area contributed by atoms with Crippen LogP contribution in [0.15, 0.2) is 72.9 Å². The Morgan fingerprint density at radius 1 is 0.900 bits per heavy atom. The van der Waals surface area contributed by atoms with Gasteiger partial charge in [-0.15, -0.1) is 0 Å². The molecule has 6 heteroatoms. The lowest BCUT2D eigenvalue weighted by Crippen LogP contribution is -2.31. The van der Waals surface area contributed by atoms with Crippen molar-refractivity contribution in [1.29, 1.82) is 0 Å². The fraction of sp³-hybridized carbons (Fsp3) is 0.250. The van der Waals surface area contributed by atoms with E-state index >= 15 is 0 Å². The standard InChI is InChI=1S/C24H26N2O4/c1-3-14-26(28-2)24(27)21-15-22(29-17-19-10-6-4-7-11-19)23(16-25-21)30-18-20-12-8-5-9-13-20/h4-13,15-16H,3,14,17-18H2,1-2H3. The molecule has 0 aliphatic heterocycles. The summed E-state index contributed by atoms with van der Waals surface area (Å²) in [4.78, 5) is 22.2. The molecule has 1 amide bonds. The normalized spacial score (nSPS) is 10.5. The molecule has 0 atom stereocenters. The molecule has 1 aromatic heterocycles. The number of rotatable bonds is 10. The minimum absolute atomic E-state index is 0.237. The first-order chi connectivity index (χ1) is 14.7. The van der Waals surface area contributed by atoms with Gasteiger partial charge in [0.25, 0.3) is 5.91 Å². The number of nitrogens with zero attached hydrogens (tertiary/aromatic N) is 2.